The highest BCUT2D eigenvalue weighted by molar-refractivity contribution is 9.10. The summed E-state index contributed by atoms with van der Waals surface area (Å²) in [6.45, 7) is 0. The number of carboxylic acid groups (broad SMARTS) is 1. The van der Waals surface area contributed by atoms with Crippen molar-refractivity contribution >= 4 is 57.0 Å². The van der Waals surface area contributed by atoms with Crippen LogP contribution in [-0.2, 0) is 19.1 Å². The number of methoxy groups -OCH3 is 2. The monoisotopic (exact) mass is 605 g/mol. The lowest BCUT2D eigenvalue weighted by Crippen LogP contribution is -2.48. The molecule has 12 heteroatoms. The Hall–Kier alpha value is -4.09. The van der Waals surface area contributed by atoms with E-state index in [2.05, 4.69) is 21.2 Å². The average Bonchev–Trinajstić information content (AvgIpc) is 2.91. The van der Waals surface area contributed by atoms with Crippen molar-refractivity contribution in [3.05, 3.63) is 87.4 Å². The standard InChI is InChI=1S/C26H21BrClNO9/c1-35-17-7-3-5-14(11-17)25(33)37-21(23(30)29-20-10-9-16(27)13-19(20)28)22(24(31)32)38-26(34)15-6-4-8-18(12-15)36-2/h3-13,21-22H,1-2H3,(H,29,30)(H,31,32)/t21-,22+/m0/s1. The topological polar surface area (TPSA) is 137 Å². The van der Waals surface area contributed by atoms with E-state index in [1.807, 2.05) is 0 Å². The number of carboxylic acids is 1. The van der Waals surface area contributed by atoms with Gasteiger partial charge in [0.15, 0.2) is 0 Å². The van der Waals surface area contributed by atoms with E-state index in [4.69, 9.17) is 30.5 Å². The maximum absolute atomic E-state index is 13.2. The number of hydrogen-bond acceptors (Lipinski definition) is 8. The van der Waals surface area contributed by atoms with Gasteiger partial charge in [0.05, 0.1) is 36.1 Å². The first-order valence-electron chi connectivity index (χ1n) is 10.8. The number of nitrogens with one attached hydrogen (secondary N) is 1. The summed E-state index contributed by atoms with van der Waals surface area (Å²) in [6.07, 6.45) is -4.34. The summed E-state index contributed by atoms with van der Waals surface area (Å²) in [6, 6.07) is 16.1. The third kappa shape index (κ3) is 7.24. The molecule has 3 aromatic rings. The number of ether oxygens (including phenoxy) is 4. The summed E-state index contributed by atoms with van der Waals surface area (Å²) < 4.78 is 21.2. The molecule has 0 radical (unpaired) electrons. The lowest BCUT2D eigenvalue weighted by Gasteiger charge is -2.24. The normalized spacial score (nSPS) is 12.0. The van der Waals surface area contributed by atoms with E-state index in [1.165, 1.54) is 62.8 Å². The number of rotatable bonds is 10. The summed E-state index contributed by atoms with van der Waals surface area (Å²) in [5.41, 5.74) is 0.0162. The van der Waals surface area contributed by atoms with Gasteiger partial charge in [0, 0.05) is 4.47 Å². The number of benzene rings is 3. The molecule has 0 fully saturated rings. The van der Waals surface area contributed by atoms with Crippen LogP contribution in [-0.4, -0.2) is 55.3 Å². The number of amides is 1. The minimum absolute atomic E-state index is 0.0351. The van der Waals surface area contributed by atoms with Gasteiger partial charge in [-0.3, -0.25) is 4.79 Å². The molecule has 0 saturated carbocycles. The largest absolute Gasteiger partial charge is 0.497 e. The first-order valence-corrected chi connectivity index (χ1v) is 12.0. The Balaban J connectivity index is 1.95. The van der Waals surface area contributed by atoms with Crippen LogP contribution in [0.1, 0.15) is 20.7 Å². The molecule has 0 bridgehead atoms. The molecule has 0 saturated heterocycles. The van der Waals surface area contributed by atoms with Crippen molar-refractivity contribution in [2.75, 3.05) is 19.5 Å². The Morgan fingerprint density at radius 1 is 0.816 bits per heavy atom. The van der Waals surface area contributed by atoms with E-state index < -0.39 is 36.0 Å². The molecule has 0 aliphatic carbocycles. The van der Waals surface area contributed by atoms with E-state index in [1.54, 1.807) is 18.2 Å². The highest BCUT2D eigenvalue weighted by Gasteiger charge is 2.41. The van der Waals surface area contributed by atoms with Gasteiger partial charge < -0.3 is 29.4 Å². The molecule has 2 atom stereocenters. The van der Waals surface area contributed by atoms with Gasteiger partial charge in [-0.05, 0) is 54.6 Å². The Labute approximate surface area is 230 Å². The number of aliphatic carboxylic acids is 1. The molecule has 1 amide bonds. The Kier molecular flexibility index (Phi) is 9.69. The van der Waals surface area contributed by atoms with Crippen LogP contribution in [0.2, 0.25) is 5.02 Å². The predicted octanol–water partition coefficient (Wildman–Crippen LogP) is 4.59. The highest BCUT2D eigenvalue weighted by Crippen LogP contribution is 2.27. The Bertz CT molecular complexity index is 1360. The smallest absolute Gasteiger partial charge is 0.349 e. The van der Waals surface area contributed by atoms with E-state index in [0.29, 0.717) is 16.0 Å². The Morgan fingerprint density at radius 3 is 1.82 bits per heavy atom. The summed E-state index contributed by atoms with van der Waals surface area (Å²) in [7, 11) is 2.78. The molecule has 2 N–H and O–H groups in total. The number of hydrogen-bond donors (Lipinski definition) is 2. The van der Waals surface area contributed by atoms with Gasteiger partial charge in [0.1, 0.15) is 11.5 Å². The van der Waals surface area contributed by atoms with Gasteiger partial charge in [-0.2, -0.15) is 0 Å². The molecule has 0 heterocycles. The molecule has 0 aliphatic heterocycles. The van der Waals surface area contributed by atoms with Crippen LogP contribution >= 0.6 is 27.5 Å². The second kappa shape index (κ2) is 12.9. The van der Waals surface area contributed by atoms with E-state index in [9.17, 15) is 24.3 Å². The molecule has 0 unspecified atom stereocenters. The van der Waals surface area contributed by atoms with Crippen LogP contribution < -0.4 is 14.8 Å². The summed E-state index contributed by atoms with van der Waals surface area (Å²) in [5.74, 6) is -4.35. The van der Waals surface area contributed by atoms with Gasteiger partial charge in [-0.1, -0.05) is 39.7 Å². The molecule has 0 aliphatic rings. The maximum atomic E-state index is 13.2. The van der Waals surface area contributed by atoms with Crippen LogP contribution in [0.4, 0.5) is 5.69 Å². The summed E-state index contributed by atoms with van der Waals surface area (Å²) in [5, 5.41) is 12.4. The molecular weight excluding hydrogens is 586 g/mol. The van der Waals surface area contributed by atoms with Crippen molar-refractivity contribution in [1.82, 2.24) is 0 Å². The third-order valence-electron chi connectivity index (χ3n) is 5.04. The number of anilines is 1. The van der Waals surface area contributed by atoms with E-state index in [0.717, 1.165) is 0 Å². The zero-order valence-electron chi connectivity index (χ0n) is 20.0. The molecule has 0 spiro atoms. The fourth-order valence-corrected chi connectivity index (χ4v) is 3.88. The molecule has 38 heavy (non-hydrogen) atoms. The lowest BCUT2D eigenvalue weighted by atomic mass is 10.1. The number of esters is 2. The summed E-state index contributed by atoms with van der Waals surface area (Å²) >= 11 is 9.41. The van der Waals surface area contributed by atoms with Gasteiger partial charge in [0.2, 0.25) is 12.2 Å². The van der Waals surface area contributed by atoms with E-state index >= 15 is 0 Å². The first-order chi connectivity index (χ1) is 18.1. The second-order valence-electron chi connectivity index (χ2n) is 7.57. The van der Waals surface area contributed by atoms with Crippen LogP contribution in [0.5, 0.6) is 11.5 Å². The fraction of sp³-hybridized carbons (Fsp3) is 0.154. The van der Waals surface area contributed by atoms with Gasteiger partial charge in [-0.25, -0.2) is 14.4 Å². The minimum atomic E-state index is -2.22. The molecule has 10 nitrogen and oxygen atoms in total. The van der Waals surface area contributed by atoms with Crippen LogP contribution in [0, 0.1) is 0 Å². The minimum Gasteiger partial charge on any atom is -0.497 e. The molecule has 0 aromatic heterocycles. The third-order valence-corrected chi connectivity index (χ3v) is 5.85. The first kappa shape index (κ1) is 28.5. The van der Waals surface area contributed by atoms with Crippen molar-refractivity contribution in [1.29, 1.82) is 0 Å². The Morgan fingerprint density at radius 2 is 1.34 bits per heavy atom. The van der Waals surface area contributed by atoms with Crippen molar-refractivity contribution in [2.24, 2.45) is 0 Å². The molecule has 198 valence electrons. The quantitative estimate of drug-likeness (QED) is 0.317. The van der Waals surface area contributed by atoms with Crippen LogP contribution in [0.15, 0.2) is 71.2 Å². The zero-order chi connectivity index (χ0) is 27.8. The molecule has 3 rings (SSSR count). The maximum Gasteiger partial charge on any atom is 0.349 e. The average molecular weight is 607 g/mol. The van der Waals surface area contributed by atoms with Crippen molar-refractivity contribution in [3.63, 3.8) is 0 Å². The van der Waals surface area contributed by atoms with Gasteiger partial charge >= 0.3 is 17.9 Å². The molecular formula is C26H21BrClNO9. The SMILES string of the molecule is COc1cccc(C(=O)O[C@H](C(=O)Nc2ccc(Br)cc2Cl)[C@@H](OC(=O)c2cccc(OC)c2)C(=O)O)c1. The number of carbonyl (C=O) groups excluding carboxylic acids is 3. The van der Waals surface area contributed by atoms with Crippen LogP contribution in [0.3, 0.4) is 0 Å². The fourth-order valence-electron chi connectivity index (χ4n) is 3.16. The zero-order valence-corrected chi connectivity index (χ0v) is 22.3. The predicted molar refractivity (Wildman–Crippen MR) is 140 cm³/mol. The number of halogens is 2. The van der Waals surface area contributed by atoms with Crippen molar-refractivity contribution in [3.8, 4) is 11.5 Å². The highest BCUT2D eigenvalue weighted by atomic mass is 79.9. The van der Waals surface area contributed by atoms with E-state index in [-0.39, 0.29) is 21.8 Å². The summed E-state index contributed by atoms with van der Waals surface area (Å²) in [4.78, 5) is 51.1. The second-order valence-corrected chi connectivity index (χ2v) is 8.89. The van der Waals surface area contributed by atoms with Crippen LogP contribution in [0.25, 0.3) is 0 Å². The van der Waals surface area contributed by atoms with Gasteiger partial charge in [-0.15, -0.1) is 0 Å². The van der Waals surface area contributed by atoms with Crippen molar-refractivity contribution in [2.45, 2.75) is 12.2 Å². The molecule has 3 aromatic carbocycles. The number of carbonyl (C=O) groups is 4. The lowest BCUT2D eigenvalue weighted by molar-refractivity contribution is -0.157. The van der Waals surface area contributed by atoms with Crippen molar-refractivity contribution < 1.29 is 43.2 Å². The van der Waals surface area contributed by atoms with Gasteiger partial charge in [0.25, 0.3) is 5.91 Å².